The third-order valence-electron chi connectivity index (χ3n) is 4.30. The number of hydrogen-bond acceptors (Lipinski definition) is 3. The number of benzene rings is 2. The molecule has 2 unspecified atom stereocenters. The topological polar surface area (TPSA) is 39.1 Å². The van der Waals surface area contributed by atoms with E-state index in [9.17, 15) is 0 Å². The molecule has 0 aromatic heterocycles. The van der Waals surface area contributed by atoms with E-state index in [0.717, 1.165) is 25.3 Å². The summed E-state index contributed by atoms with van der Waals surface area (Å²) in [6.07, 6.45) is 0. The van der Waals surface area contributed by atoms with Crippen LogP contribution in [-0.4, -0.2) is 24.0 Å². The van der Waals surface area contributed by atoms with Crippen LogP contribution in [0.25, 0.3) is 0 Å². The maximum Gasteiger partial charge on any atom is 0.0991 e. The average Bonchev–Trinajstić information content (AvgIpc) is 2.88. The SMILES string of the molecule is CC1CN(Cc2ccccc2)CC1Nc1ccc(C#N)cc1. The van der Waals surface area contributed by atoms with Gasteiger partial charge in [-0.3, -0.25) is 4.90 Å². The standard InChI is InChI=1S/C19H21N3/c1-15-12-22(13-17-5-3-2-4-6-17)14-19(15)21-18-9-7-16(11-20)8-10-18/h2-10,15,19,21H,12-14H2,1H3. The van der Waals surface area contributed by atoms with Gasteiger partial charge in [-0.2, -0.15) is 5.26 Å². The molecule has 3 heteroatoms. The summed E-state index contributed by atoms with van der Waals surface area (Å²) >= 11 is 0. The first-order valence-corrected chi connectivity index (χ1v) is 7.77. The number of anilines is 1. The number of hydrogen-bond donors (Lipinski definition) is 1. The minimum Gasteiger partial charge on any atom is -0.381 e. The second kappa shape index (κ2) is 6.64. The third-order valence-corrected chi connectivity index (χ3v) is 4.30. The van der Waals surface area contributed by atoms with E-state index in [4.69, 9.17) is 5.26 Å². The number of nitrogens with zero attached hydrogens (tertiary/aromatic N) is 2. The van der Waals surface area contributed by atoms with E-state index in [0.29, 0.717) is 17.5 Å². The van der Waals surface area contributed by atoms with Crippen LogP contribution in [-0.2, 0) is 6.54 Å². The Bertz CT molecular complexity index is 643. The average molecular weight is 291 g/mol. The Balaban J connectivity index is 1.59. The number of rotatable bonds is 4. The van der Waals surface area contributed by atoms with E-state index in [1.165, 1.54) is 5.56 Å². The van der Waals surface area contributed by atoms with Crippen molar-refractivity contribution in [2.75, 3.05) is 18.4 Å². The molecule has 2 atom stereocenters. The van der Waals surface area contributed by atoms with Crippen LogP contribution >= 0.6 is 0 Å². The van der Waals surface area contributed by atoms with E-state index in [1.807, 2.05) is 24.3 Å². The largest absolute Gasteiger partial charge is 0.381 e. The number of likely N-dealkylation sites (tertiary alicyclic amines) is 1. The molecule has 0 aliphatic carbocycles. The fraction of sp³-hybridized carbons (Fsp3) is 0.316. The summed E-state index contributed by atoms with van der Waals surface area (Å²) in [5, 5.41) is 12.5. The maximum absolute atomic E-state index is 8.85. The molecule has 3 nitrogen and oxygen atoms in total. The smallest absolute Gasteiger partial charge is 0.0991 e. The lowest BCUT2D eigenvalue weighted by Crippen LogP contribution is -2.27. The molecule has 0 saturated carbocycles. The predicted octanol–water partition coefficient (Wildman–Crippen LogP) is 3.49. The van der Waals surface area contributed by atoms with Crippen molar-refractivity contribution in [1.29, 1.82) is 5.26 Å². The van der Waals surface area contributed by atoms with Gasteiger partial charge in [0.15, 0.2) is 0 Å². The second-order valence-corrected chi connectivity index (χ2v) is 6.10. The highest BCUT2D eigenvalue weighted by Crippen LogP contribution is 2.22. The van der Waals surface area contributed by atoms with E-state index < -0.39 is 0 Å². The summed E-state index contributed by atoms with van der Waals surface area (Å²) in [4.78, 5) is 2.50. The molecule has 3 rings (SSSR count). The molecule has 0 amide bonds. The third kappa shape index (κ3) is 3.47. The fourth-order valence-corrected chi connectivity index (χ4v) is 3.08. The molecule has 1 aliphatic rings. The van der Waals surface area contributed by atoms with Crippen molar-refractivity contribution in [1.82, 2.24) is 4.90 Å². The molecule has 0 spiro atoms. The zero-order valence-electron chi connectivity index (χ0n) is 12.9. The van der Waals surface area contributed by atoms with Gasteiger partial charge in [-0.25, -0.2) is 0 Å². The Morgan fingerprint density at radius 1 is 1.09 bits per heavy atom. The summed E-state index contributed by atoms with van der Waals surface area (Å²) in [5.74, 6) is 0.611. The van der Waals surface area contributed by atoms with E-state index in [1.54, 1.807) is 0 Å². The lowest BCUT2D eigenvalue weighted by molar-refractivity contribution is 0.319. The van der Waals surface area contributed by atoms with Crippen molar-refractivity contribution in [2.45, 2.75) is 19.5 Å². The molecule has 2 aromatic carbocycles. The molecule has 1 N–H and O–H groups in total. The molecule has 1 saturated heterocycles. The molecular formula is C19H21N3. The summed E-state index contributed by atoms with van der Waals surface area (Å²) in [6, 6.07) is 21.0. The van der Waals surface area contributed by atoms with Crippen LogP contribution in [0.1, 0.15) is 18.1 Å². The van der Waals surface area contributed by atoms with Crippen LogP contribution in [0.2, 0.25) is 0 Å². The Kier molecular flexibility index (Phi) is 4.41. The highest BCUT2D eigenvalue weighted by molar-refractivity contribution is 5.48. The van der Waals surface area contributed by atoms with Crippen LogP contribution in [0, 0.1) is 17.2 Å². The summed E-state index contributed by atoms with van der Waals surface area (Å²) in [6.45, 7) is 5.47. The highest BCUT2D eigenvalue weighted by atomic mass is 15.2. The van der Waals surface area contributed by atoms with Crippen molar-refractivity contribution >= 4 is 5.69 Å². The molecule has 22 heavy (non-hydrogen) atoms. The zero-order chi connectivity index (χ0) is 15.4. The van der Waals surface area contributed by atoms with Crippen LogP contribution < -0.4 is 5.32 Å². The first-order valence-electron chi connectivity index (χ1n) is 7.77. The van der Waals surface area contributed by atoms with Gasteiger partial charge in [0.25, 0.3) is 0 Å². The van der Waals surface area contributed by atoms with Crippen molar-refractivity contribution in [2.24, 2.45) is 5.92 Å². The van der Waals surface area contributed by atoms with Crippen LogP contribution in [0.4, 0.5) is 5.69 Å². The monoisotopic (exact) mass is 291 g/mol. The fourth-order valence-electron chi connectivity index (χ4n) is 3.08. The van der Waals surface area contributed by atoms with Gasteiger partial charge in [-0.15, -0.1) is 0 Å². The molecule has 1 heterocycles. The van der Waals surface area contributed by atoms with Gasteiger partial charge in [0.1, 0.15) is 0 Å². The molecule has 0 bridgehead atoms. The molecular weight excluding hydrogens is 270 g/mol. The minimum absolute atomic E-state index is 0.455. The summed E-state index contributed by atoms with van der Waals surface area (Å²) in [7, 11) is 0. The molecule has 112 valence electrons. The molecule has 2 aromatic rings. The van der Waals surface area contributed by atoms with Gasteiger partial charge in [0, 0.05) is 31.4 Å². The van der Waals surface area contributed by atoms with Gasteiger partial charge in [-0.05, 0) is 35.7 Å². The normalized spacial score (nSPS) is 21.5. The van der Waals surface area contributed by atoms with Gasteiger partial charge < -0.3 is 5.32 Å². The van der Waals surface area contributed by atoms with Crippen LogP contribution in [0.5, 0.6) is 0 Å². The van der Waals surface area contributed by atoms with E-state index >= 15 is 0 Å². The molecule has 1 aliphatic heterocycles. The Morgan fingerprint density at radius 3 is 2.50 bits per heavy atom. The first-order chi connectivity index (χ1) is 10.7. The maximum atomic E-state index is 8.85. The van der Waals surface area contributed by atoms with Crippen LogP contribution in [0.3, 0.4) is 0 Å². The van der Waals surface area contributed by atoms with Gasteiger partial charge >= 0.3 is 0 Å². The van der Waals surface area contributed by atoms with Crippen molar-refractivity contribution < 1.29 is 0 Å². The summed E-state index contributed by atoms with van der Waals surface area (Å²) < 4.78 is 0. The van der Waals surface area contributed by atoms with Gasteiger partial charge in [0.2, 0.25) is 0 Å². The molecule has 1 fully saturated rings. The summed E-state index contributed by atoms with van der Waals surface area (Å²) in [5.41, 5.74) is 3.17. The Morgan fingerprint density at radius 2 is 1.82 bits per heavy atom. The van der Waals surface area contributed by atoms with Crippen molar-refractivity contribution in [3.8, 4) is 6.07 Å². The van der Waals surface area contributed by atoms with E-state index in [2.05, 4.69) is 53.5 Å². The number of nitriles is 1. The number of nitrogens with one attached hydrogen (secondary N) is 1. The highest BCUT2D eigenvalue weighted by Gasteiger charge is 2.29. The van der Waals surface area contributed by atoms with Gasteiger partial charge in [-0.1, -0.05) is 37.3 Å². The van der Waals surface area contributed by atoms with Crippen molar-refractivity contribution in [3.63, 3.8) is 0 Å². The predicted molar refractivity (Wildman–Crippen MR) is 89.5 cm³/mol. The minimum atomic E-state index is 0.455. The van der Waals surface area contributed by atoms with Crippen molar-refractivity contribution in [3.05, 3.63) is 65.7 Å². The van der Waals surface area contributed by atoms with Crippen LogP contribution in [0.15, 0.2) is 54.6 Å². The Labute approximate surface area is 132 Å². The lowest BCUT2D eigenvalue weighted by atomic mass is 10.1. The second-order valence-electron chi connectivity index (χ2n) is 6.10. The zero-order valence-corrected chi connectivity index (χ0v) is 12.9. The van der Waals surface area contributed by atoms with Gasteiger partial charge in [0.05, 0.1) is 11.6 Å². The van der Waals surface area contributed by atoms with E-state index in [-0.39, 0.29) is 0 Å². The molecule has 0 radical (unpaired) electrons. The Hall–Kier alpha value is -2.31. The quantitative estimate of drug-likeness (QED) is 0.937. The first kappa shape index (κ1) is 14.6. The lowest BCUT2D eigenvalue weighted by Gasteiger charge is -2.18.